The molecular weight excluding hydrogens is 338 g/mol. The quantitative estimate of drug-likeness (QED) is 0.717. The Morgan fingerprint density at radius 3 is 2.88 bits per heavy atom. The molecule has 1 aliphatic rings. The Hall–Kier alpha value is -2.48. The highest BCUT2D eigenvalue weighted by Crippen LogP contribution is 2.30. The first-order chi connectivity index (χ1) is 12.2. The van der Waals surface area contributed by atoms with Gasteiger partial charge in [-0.2, -0.15) is 16.4 Å². The summed E-state index contributed by atoms with van der Waals surface area (Å²) in [6, 6.07) is 1.97. The van der Waals surface area contributed by atoms with Crippen molar-refractivity contribution in [1.82, 2.24) is 24.9 Å². The maximum atomic E-state index is 12.6. The van der Waals surface area contributed by atoms with Crippen molar-refractivity contribution < 1.29 is 9.21 Å². The van der Waals surface area contributed by atoms with Crippen molar-refractivity contribution in [2.24, 2.45) is 0 Å². The minimum absolute atomic E-state index is 0.0441. The van der Waals surface area contributed by atoms with Crippen LogP contribution in [0.4, 0.5) is 0 Å². The molecule has 8 heteroatoms. The van der Waals surface area contributed by atoms with E-state index in [1.54, 1.807) is 28.4 Å². The summed E-state index contributed by atoms with van der Waals surface area (Å²) in [4.78, 5) is 14.4. The topological polar surface area (TPSA) is 77.0 Å². The van der Waals surface area contributed by atoms with Gasteiger partial charge < -0.3 is 9.32 Å². The number of carbonyl (C=O) groups is 1. The van der Waals surface area contributed by atoms with E-state index >= 15 is 0 Å². The SMILES string of the molecule is CCn1cc(C(=O)N2CCC(c3nnc(-c4ccsc4)o3)CC2)cn1. The van der Waals surface area contributed by atoms with Gasteiger partial charge in [0, 0.05) is 42.7 Å². The zero-order chi connectivity index (χ0) is 17.2. The molecule has 7 nitrogen and oxygen atoms in total. The van der Waals surface area contributed by atoms with Crippen LogP contribution in [0.15, 0.2) is 33.6 Å². The van der Waals surface area contributed by atoms with Crippen molar-refractivity contribution in [3.63, 3.8) is 0 Å². The van der Waals surface area contributed by atoms with Crippen molar-refractivity contribution in [2.75, 3.05) is 13.1 Å². The van der Waals surface area contributed by atoms with Gasteiger partial charge in [0.2, 0.25) is 11.8 Å². The Bertz CT molecular complexity index is 846. The Morgan fingerprint density at radius 1 is 1.36 bits per heavy atom. The van der Waals surface area contributed by atoms with E-state index in [2.05, 4.69) is 15.3 Å². The predicted molar refractivity (Wildman–Crippen MR) is 93.4 cm³/mol. The number of thiophene rings is 1. The molecule has 0 radical (unpaired) electrons. The Morgan fingerprint density at radius 2 is 2.20 bits per heavy atom. The molecule has 1 fully saturated rings. The van der Waals surface area contributed by atoms with E-state index in [1.807, 2.05) is 28.7 Å². The summed E-state index contributed by atoms with van der Waals surface area (Å²) in [5, 5.41) is 16.5. The van der Waals surface area contributed by atoms with Crippen LogP contribution < -0.4 is 0 Å². The maximum absolute atomic E-state index is 12.6. The molecule has 4 heterocycles. The molecule has 0 bridgehead atoms. The second-order valence-corrected chi connectivity index (χ2v) is 6.89. The predicted octanol–water partition coefficient (Wildman–Crippen LogP) is 3.03. The fraction of sp³-hybridized carbons (Fsp3) is 0.412. The highest BCUT2D eigenvalue weighted by Gasteiger charge is 2.28. The summed E-state index contributed by atoms with van der Waals surface area (Å²) in [7, 11) is 0. The standard InChI is InChI=1S/C17H19N5O2S/c1-2-22-10-14(9-18-22)17(23)21-6-3-12(4-7-21)15-19-20-16(24-15)13-5-8-25-11-13/h5,8-12H,2-4,6-7H2,1H3. The highest BCUT2D eigenvalue weighted by molar-refractivity contribution is 7.08. The minimum atomic E-state index is 0.0441. The lowest BCUT2D eigenvalue weighted by molar-refractivity contribution is 0.0706. The normalized spacial score (nSPS) is 15.6. The van der Waals surface area contributed by atoms with E-state index < -0.39 is 0 Å². The molecule has 3 aromatic heterocycles. The number of amides is 1. The van der Waals surface area contributed by atoms with Gasteiger partial charge in [-0.1, -0.05) is 0 Å². The number of rotatable bonds is 4. The summed E-state index contributed by atoms with van der Waals surface area (Å²) >= 11 is 1.61. The van der Waals surface area contributed by atoms with Crippen molar-refractivity contribution >= 4 is 17.2 Å². The van der Waals surface area contributed by atoms with Crippen molar-refractivity contribution in [3.05, 3.63) is 40.7 Å². The lowest BCUT2D eigenvalue weighted by Crippen LogP contribution is -2.37. The summed E-state index contributed by atoms with van der Waals surface area (Å²) in [5.74, 6) is 1.50. The van der Waals surface area contributed by atoms with Gasteiger partial charge in [0.05, 0.1) is 11.8 Å². The van der Waals surface area contributed by atoms with Crippen LogP contribution in [0.25, 0.3) is 11.5 Å². The van der Waals surface area contributed by atoms with Crippen LogP contribution in [-0.2, 0) is 6.54 Å². The summed E-state index contributed by atoms with van der Waals surface area (Å²) in [5.41, 5.74) is 1.61. The van der Waals surface area contributed by atoms with Crippen molar-refractivity contribution in [1.29, 1.82) is 0 Å². The Balaban J connectivity index is 1.39. The smallest absolute Gasteiger partial charge is 0.257 e. The van der Waals surface area contributed by atoms with Gasteiger partial charge in [0.25, 0.3) is 5.91 Å². The molecule has 0 aromatic carbocycles. The molecule has 0 spiro atoms. The fourth-order valence-corrected chi connectivity index (χ4v) is 3.69. The first-order valence-electron chi connectivity index (χ1n) is 8.42. The number of aryl methyl sites for hydroxylation is 1. The molecule has 4 rings (SSSR count). The third-order valence-electron chi connectivity index (χ3n) is 4.54. The molecular formula is C17H19N5O2S. The summed E-state index contributed by atoms with van der Waals surface area (Å²) < 4.78 is 7.60. The van der Waals surface area contributed by atoms with Crippen LogP contribution in [0, 0.1) is 0 Å². The third kappa shape index (κ3) is 3.21. The van der Waals surface area contributed by atoms with Gasteiger partial charge >= 0.3 is 0 Å². The van der Waals surface area contributed by atoms with Crippen LogP contribution in [0.2, 0.25) is 0 Å². The molecule has 130 valence electrons. The number of hydrogen-bond acceptors (Lipinski definition) is 6. The van der Waals surface area contributed by atoms with Crippen molar-refractivity contribution in [3.8, 4) is 11.5 Å². The average Bonchev–Trinajstić information content (AvgIpc) is 3.42. The number of piperidine rings is 1. The molecule has 1 aliphatic heterocycles. The van der Waals surface area contributed by atoms with E-state index in [1.165, 1.54) is 0 Å². The molecule has 1 amide bonds. The van der Waals surface area contributed by atoms with E-state index in [-0.39, 0.29) is 11.8 Å². The van der Waals surface area contributed by atoms with Gasteiger partial charge in [0.1, 0.15) is 0 Å². The number of nitrogens with zero attached hydrogens (tertiary/aromatic N) is 5. The zero-order valence-electron chi connectivity index (χ0n) is 14.0. The second-order valence-electron chi connectivity index (χ2n) is 6.11. The van der Waals surface area contributed by atoms with E-state index in [0.717, 1.165) is 24.9 Å². The average molecular weight is 357 g/mol. The van der Waals surface area contributed by atoms with Gasteiger partial charge in [-0.25, -0.2) is 0 Å². The van der Waals surface area contributed by atoms with Crippen molar-refractivity contribution in [2.45, 2.75) is 32.2 Å². The van der Waals surface area contributed by atoms with Crippen LogP contribution in [0.3, 0.4) is 0 Å². The van der Waals surface area contributed by atoms with Crippen LogP contribution in [-0.4, -0.2) is 43.9 Å². The highest BCUT2D eigenvalue weighted by atomic mass is 32.1. The maximum Gasteiger partial charge on any atom is 0.257 e. The van der Waals surface area contributed by atoms with Crippen LogP contribution >= 0.6 is 11.3 Å². The summed E-state index contributed by atoms with van der Waals surface area (Å²) in [6.45, 7) is 4.15. The lowest BCUT2D eigenvalue weighted by Gasteiger charge is -2.30. The first kappa shape index (κ1) is 16.0. The molecule has 0 saturated carbocycles. The van der Waals surface area contributed by atoms with Crippen LogP contribution in [0.1, 0.15) is 41.9 Å². The van der Waals surface area contributed by atoms with E-state index in [4.69, 9.17) is 4.42 Å². The van der Waals surface area contributed by atoms with Gasteiger partial charge in [-0.3, -0.25) is 9.48 Å². The Labute approximate surface area is 149 Å². The lowest BCUT2D eigenvalue weighted by atomic mass is 9.96. The molecule has 0 N–H and O–H groups in total. The van der Waals surface area contributed by atoms with Crippen LogP contribution in [0.5, 0.6) is 0 Å². The summed E-state index contributed by atoms with van der Waals surface area (Å²) in [6.07, 6.45) is 5.11. The van der Waals surface area contributed by atoms with Gasteiger partial charge in [-0.05, 0) is 31.2 Å². The minimum Gasteiger partial charge on any atom is -0.420 e. The second kappa shape index (κ2) is 6.79. The molecule has 0 atom stereocenters. The third-order valence-corrected chi connectivity index (χ3v) is 5.23. The van der Waals surface area contributed by atoms with Gasteiger partial charge in [0.15, 0.2) is 0 Å². The molecule has 25 heavy (non-hydrogen) atoms. The Kier molecular flexibility index (Phi) is 4.35. The van der Waals surface area contributed by atoms with E-state index in [9.17, 15) is 4.79 Å². The fourth-order valence-electron chi connectivity index (χ4n) is 3.06. The van der Waals surface area contributed by atoms with Gasteiger partial charge in [-0.15, -0.1) is 10.2 Å². The zero-order valence-corrected chi connectivity index (χ0v) is 14.8. The number of likely N-dealkylation sites (tertiary alicyclic amines) is 1. The van der Waals surface area contributed by atoms with E-state index in [0.29, 0.717) is 30.4 Å². The number of aromatic nitrogens is 4. The molecule has 3 aromatic rings. The first-order valence-corrected chi connectivity index (χ1v) is 9.36. The monoisotopic (exact) mass is 357 g/mol. The number of carbonyl (C=O) groups excluding carboxylic acids is 1. The number of hydrogen-bond donors (Lipinski definition) is 0. The molecule has 1 saturated heterocycles. The molecule has 0 unspecified atom stereocenters. The molecule has 0 aliphatic carbocycles. The largest absolute Gasteiger partial charge is 0.420 e.